The number of aliphatic hydroxyl groups is 3. The number of ether oxygens (including phenoxy) is 1. The van der Waals surface area contributed by atoms with Crippen molar-refractivity contribution >= 4 is 5.97 Å². The van der Waals surface area contributed by atoms with Crippen LogP contribution >= 0.6 is 0 Å². The topological polar surface area (TPSA) is 87.0 Å². The van der Waals surface area contributed by atoms with Gasteiger partial charge in [-0.1, -0.05) is 47.5 Å². The minimum atomic E-state index is -4.52. The molecule has 4 fully saturated rings. The number of carbonyl (C=O) groups excluding carboxylic acids is 1. The fourth-order valence-electron chi connectivity index (χ4n) is 8.57. The van der Waals surface area contributed by atoms with Crippen LogP contribution in [-0.4, -0.2) is 63.7 Å². The van der Waals surface area contributed by atoms with Gasteiger partial charge in [-0.25, -0.2) is 0 Å². The molecule has 12 atom stereocenters. The van der Waals surface area contributed by atoms with E-state index in [9.17, 15) is 54.5 Å². The molecule has 4 aliphatic rings. The maximum absolute atomic E-state index is 12.7. The zero-order chi connectivity index (χ0) is 41.8. The molecule has 14 heteroatoms. The smallest absolute Gasteiger partial charge is 0.416 e. The fourth-order valence-corrected chi connectivity index (χ4v) is 8.57. The highest BCUT2D eigenvalue weighted by Gasteiger charge is 2.56. The molecule has 4 bridgehead atoms. The van der Waals surface area contributed by atoms with E-state index in [1.54, 1.807) is 13.8 Å². The first-order chi connectivity index (χ1) is 23.7. The largest absolute Gasteiger partial charge is 0.469 e. The molecule has 12 unspecified atom stereocenters. The average Bonchev–Trinajstić information content (AvgIpc) is 3.79. The number of carbonyl (C=O) groups is 1. The molecular formula is C39H67F9O5. The highest BCUT2D eigenvalue weighted by molar-refractivity contribution is 5.75. The van der Waals surface area contributed by atoms with Crippen LogP contribution in [-0.2, 0) is 9.53 Å². The normalized spacial score (nSPS) is 32.1. The van der Waals surface area contributed by atoms with Crippen molar-refractivity contribution in [1.82, 2.24) is 0 Å². The maximum atomic E-state index is 12.7. The van der Waals surface area contributed by atoms with E-state index < -0.39 is 35.3 Å². The molecular weight excluding hydrogens is 719 g/mol. The fraction of sp³-hybridized carbons (Fsp3) is 0.974. The lowest BCUT2D eigenvalue weighted by Crippen LogP contribution is -2.45. The molecule has 0 aromatic heterocycles. The summed E-state index contributed by atoms with van der Waals surface area (Å²) in [5, 5.41) is 28.0. The van der Waals surface area contributed by atoms with Gasteiger partial charge in [0.15, 0.2) is 16.8 Å². The predicted molar refractivity (Wildman–Crippen MR) is 186 cm³/mol. The number of hydrogen-bond donors (Lipinski definition) is 3. The monoisotopic (exact) mass is 786 g/mol. The van der Waals surface area contributed by atoms with E-state index in [2.05, 4.69) is 18.6 Å². The van der Waals surface area contributed by atoms with E-state index in [0.29, 0.717) is 41.9 Å². The summed E-state index contributed by atoms with van der Waals surface area (Å²) in [6.45, 7) is 16.2. The lowest BCUT2D eigenvalue weighted by Gasteiger charge is -2.36. The van der Waals surface area contributed by atoms with Gasteiger partial charge in [0, 0.05) is 0 Å². The number of halogens is 9. The number of alkyl halides is 9. The Morgan fingerprint density at radius 1 is 0.679 bits per heavy atom. The van der Waals surface area contributed by atoms with Crippen LogP contribution in [0.2, 0.25) is 0 Å². The molecule has 0 radical (unpaired) electrons. The van der Waals surface area contributed by atoms with Crippen LogP contribution < -0.4 is 0 Å². The Labute approximate surface area is 311 Å². The van der Waals surface area contributed by atoms with Gasteiger partial charge in [0.1, 0.15) is 0 Å². The Bertz CT molecular complexity index is 1130. The van der Waals surface area contributed by atoms with E-state index in [-0.39, 0.29) is 48.4 Å². The second-order valence-corrected chi connectivity index (χ2v) is 18.0. The van der Waals surface area contributed by atoms with Crippen LogP contribution in [0.3, 0.4) is 0 Å². The molecule has 4 saturated carbocycles. The van der Waals surface area contributed by atoms with Gasteiger partial charge in [0.05, 0.1) is 12.5 Å². The summed E-state index contributed by atoms with van der Waals surface area (Å²) in [4.78, 5) is 10.8. The van der Waals surface area contributed by atoms with Gasteiger partial charge in [0.2, 0.25) is 0 Å². The van der Waals surface area contributed by atoms with Crippen molar-refractivity contribution < 1.29 is 64.4 Å². The lowest BCUT2D eigenvalue weighted by molar-refractivity contribution is -0.260. The first-order valence-electron chi connectivity index (χ1n) is 19.1. The van der Waals surface area contributed by atoms with Gasteiger partial charge in [0.25, 0.3) is 0 Å². The quantitative estimate of drug-likeness (QED) is 0.160. The van der Waals surface area contributed by atoms with Crippen LogP contribution in [0.25, 0.3) is 0 Å². The SMILES string of the molecule is CC(O)(CC1CC2CCC1C2)C(F)(F)F.CC1C2CC(CC(C)(O)C(F)(F)F)C(C2)C1C.CCC(C)(C)C(=O)OC.CCC(C)CC(C)(O)C(F)(F)F. The van der Waals surface area contributed by atoms with Gasteiger partial charge >= 0.3 is 24.5 Å². The number of fused-ring (bicyclic) bond motifs is 4. The van der Waals surface area contributed by atoms with Crippen molar-refractivity contribution in [2.75, 3.05) is 7.11 Å². The van der Waals surface area contributed by atoms with Gasteiger partial charge in [-0.15, -0.1) is 0 Å². The number of hydrogen-bond acceptors (Lipinski definition) is 5. The Hall–Kier alpha value is -1.28. The summed E-state index contributed by atoms with van der Waals surface area (Å²) < 4.78 is 116. The summed E-state index contributed by atoms with van der Waals surface area (Å²) in [5.74, 6) is 3.03. The average molecular weight is 787 g/mol. The second-order valence-electron chi connectivity index (χ2n) is 18.0. The van der Waals surface area contributed by atoms with Crippen LogP contribution in [0.5, 0.6) is 0 Å². The van der Waals surface area contributed by atoms with E-state index in [1.807, 2.05) is 20.8 Å². The molecule has 316 valence electrons. The second kappa shape index (κ2) is 18.3. The molecule has 4 aliphatic carbocycles. The van der Waals surface area contributed by atoms with Crippen molar-refractivity contribution in [2.45, 2.75) is 175 Å². The highest BCUT2D eigenvalue weighted by Crippen LogP contribution is 2.57. The Morgan fingerprint density at radius 2 is 1.15 bits per heavy atom. The minimum absolute atomic E-state index is 0.0443. The summed E-state index contributed by atoms with van der Waals surface area (Å²) in [7, 11) is 1.42. The van der Waals surface area contributed by atoms with Crippen molar-refractivity contribution in [3.05, 3.63) is 0 Å². The summed E-state index contributed by atoms with van der Waals surface area (Å²) in [5.41, 5.74) is -7.87. The predicted octanol–water partition coefficient (Wildman–Crippen LogP) is 11.1. The van der Waals surface area contributed by atoms with Crippen LogP contribution in [0, 0.1) is 58.7 Å². The zero-order valence-corrected chi connectivity index (χ0v) is 33.5. The third-order valence-corrected chi connectivity index (χ3v) is 13.1. The van der Waals surface area contributed by atoms with E-state index in [0.717, 1.165) is 59.3 Å². The Kier molecular flexibility index (Phi) is 17.2. The van der Waals surface area contributed by atoms with Gasteiger partial charge < -0.3 is 20.1 Å². The number of esters is 1. The van der Waals surface area contributed by atoms with Crippen molar-refractivity contribution in [1.29, 1.82) is 0 Å². The molecule has 53 heavy (non-hydrogen) atoms. The molecule has 0 aromatic rings. The molecule has 0 heterocycles. The molecule has 3 N–H and O–H groups in total. The number of rotatable bonds is 9. The zero-order valence-electron chi connectivity index (χ0n) is 33.5. The molecule has 0 aromatic carbocycles. The molecule has 4 rings (SSSR count). The van der Waals surface area contributed by atoms with E-state index >= 15 is 0 Å². The van der Waals surface area contributed by atoms with Crippen molar-refractivity contribution in [3.8, 4) is 0 Å². The Morgan fingerprint density at radius 3 is 1.45 bits per heavy atom. The maximum Gasteiger partial charge on any atom is 0.416 e. The summed E-state index contributed by atoms with van der Waals surface area (Å²) in [6.07, 6.45) is -6.41. The molecule has 0 saturated heterocycles. The standard InChI is InChI=1S/C13H21F3O.C11H17F3O.C8H15F3O.C7H14O2/c1-7-8(2)11-5-9(7)4-10(11)6-12(3,17)13(14,15)16;1-10(15,11(12,13)14)6-9-5-7-2-3-8(9)4-7;1-4-6(2)5-7(3,12)8(9,10)11;1-5-7(2,3)6(8)9-4/h7-11,17H,4-6H2,1-3H3;7-9,15H,2-6H2,1H3;6,12H,4-5H2,1-3H3;5H2,1-4H3. The van der Waals surface area contributed by atoms with Crippen LogP contribution in [0.4, 0.5) is 39.5 Å². The van der Waals surface area contributed by atoms with E-state index in [1.165, 1.54) is 13.5 Å². The van der Waals surface area contributed by atoms with Gasteiger partial charge in [-0.2, -0.15) is 39.5 Å². The first-order valence-corrected chi connectivity index (χ1v) is 19.1. The lowest BCUT2D eigenvalue weighted by atomic mass is 9.72. The van der Waals surface area contributed by atoms with Crippen molar-refractivity contribution in [2.24, 2.45) is 58.7 Å². The first kappa shape index (κ1) is 49.7. The summed E-state index contributed by atoms with van der Waals surface area (Å²) in [6, 6.07) is 0. The molecule has 0 amide bonds. The van der Waals surface area contributed by atoms with Crippen molar-refractivity contribution in [3.63, 3.8) is 0 Å². The van der Waals surface area contributed by atoms with E-state index in [4.69, 9.17) is 5.11 Å². The highest BCUT2D eigenvalue weighted by atomic mass is 19.4. The molecule has 0 spiro atoms. The third kappa shape index (κ3) is 13.4. The molecule has 0 aliphatic heterocycles. The van der Waals surface area contributed by atoms with Crippen LogP contribution in [0.1, 0.15) is 140 Å². The minimum Gasteiger partial charge on any atom is -0.469 e. The summed E-state index contributed by atoms with van der Waals surface area (Å²) >= 11 is 0. The molecule has 5 nitrogen and oxygen atoms in total. The Balaban J connectivity index is 0.000000363. The van der Waals surface area contributed by atoms with Crippen LogP contribution in [0.15, 0.2) is 0 Å². The van der Waals surface area contributed by atoms with Gasteiger partial charge in [-0.05, 0) is 146 Å². The third-order valence-electron chi connectivity index (χ3n) is 13.1. The van der Waals surface area contributed by atoms with Gasteiger partial charge in [-0.3, -0.25) is 4.79 Å². The number of methoxy groups -OCH3 is 1.